The monoisotopic (exact) mass is 642 g/mol. The number of hydrogen-bond acceptors (Lipinski definition) is 8. The molecule has 3 aromatic carbocycles. The Morgan fingerprint density at radius 1 is 1.02 bits per heavy atom. The molecule has 2 heterocycles. The molecule has 0 atom stereocenters. The zero-order valence-electron chi connectivity index (χ0n) is 26.5. The third kappa shape index (κ3) is 8.37. The lowest BCUT2D eigenvalue weighted by molar-refractivity contribution is 0.00710. The van der Waals surface area contributed by atoms with Gasteiger partial charge in [-0.05, 0) is 80.6 Å². The van der Waals surface area contributed by atoms with E-state index in [0.29, 0.717) is 30.1 Å². The number of nitrogens with two attached hydrogens (primary N) is 1. The fraction of sp³-hybridized carbons (Fsp3) is 0.361. The lowest BCUT2D eigenvalue weighted by Crippen LogP contribution is -2.41. The Balaban J connectivity index is 1.30. The number of rotatable bonds is 14. The Hall–Kier alpha value is -4.12. The number of carbonyl (C=O) groups is 2. The minimum Gasteiger partial charge on any atom is -0.497 e. The molecular formula is C36H42N4O5S. The maximum atomic E-state index is 13.5. The van der Waals surface area contributed by atoms with Gasteiger partial charge in [0.05, 0.1) is 30.0 Å². The lowest BCUT2D eigenvalue weighted by Gasteiger charge is -2.32. The van der Waals surface area contributed by atoms with Gasteiger partial charge in [0.1, 0.15) is 5.75 Å². The van der Waals surface area contributed by atoms with E-state index in [0.717, 1.165) is 77.1 Å². The quantitative estimate of drug-likeness (QED) is 0.129. The van der Waals surface area contributed by atoms with E-state index < -0.39 is 5.91 Å². The number of nitrogens with one attached hydrogen (secondary N) is 1. The number of fused-ring (bicyclic) bond motifs is 1. The van der Waals surface area contributed by atoms with Crippen molar-refractivity contribution >= 4 is 45.9 Å². The molecule has 4 N–H and O–H groups in total. The maximum Gasteiger partial charge on any atom is 0.253 e. The molecule has 46 heavy (non-hydrogen) atoms. The van der Waals surface area contributed by atoms with E-state index in [4.69, 9.17) is 20.3 Å². The van der Waals surface area contributed by atoms with Crippen LogP contribution in [0.15, 0.2) is 76.7 Å². The Morgan fingerprint density at radius 3 is 2.57 bits per heavy atom. The molecule has 0 saturated carbocycles. The summed E-state index contributed by atoms with van der Waals surface area (Å²) in [4.78, 5) is 34.3. The average Bonchev–Trinajstić information content (AvgIpc) is 3.06. The summed E-state index contributed by atoms with van der Waals surface area (Å²) in [6.07, 6.45) is 7.31. The van der Waals surface area contributed by atoms with Gasteiger partial charge in [0.25, 0.3) is 11.8 Å². The van der Waals surface area contributed by atoms with Crippen molar-refractivity contribution in [3.8, 4) is 5.75 Å². The molecule has 1 aromatic heterocycles. The van der Waals surface area contributed by atoms with E-state index in [1.165, 1.54) is 6.20 Å². The fourth-order valence-electron chi connectivity index (χ4n) is 5.73. The molecule has 0 radical (unpaired) electrons. The molecule has 9 nitrogen and oxygen atoms in total. The van der Waals surface area contributed by atoms with Crippen LogP contribution in [0, 0.1) is 6.92 Å². The Labute approximate surface area is 274 Å². The van der Waals surface area contributed by atoms with Gasteiger partial charge in [0, 0.05) is 65.0 Å². The average molecular weight is 643 g/mol. The van der Waals surface area contributed by atoms with E-state index in [1.54, 1.807) is 18.9 Å². The zero-order chi connectivity index (χ0) is 32.5. The third-order valence-electron chi connectivity index (χ3n) is 8.19. The second-order valence-electron chi connectivity index (χ2n) is 11.5. The number of aromatic nitrogens is 1. The van der Waals surface area contributed by atoms with Gasteiger partial charge < -0.3 is 30.5 Å². The summed E-state index contributed by atoms with van der Waals surface area (Å²) in [6, 6.07) is 19.2. The number of aliphatic hydroxyl groups excluding tert-OH is 1. The number of pyridine rings is 1. The number of methoxy groups -OCH3 is 1. The van der Waals surface area contributed by atoms with Crippen LogP contribution in [0.4, 0.5) is 11.4 Å². The van der Waals surface area contributed by atoms with Crippen LogP contribution in [0.5, 0.6) is 5.75 Å². The second-order valence-corrected chi connectivity index (χ2v) is 12.7. The Morgan fingerprint density at radius 2 is 1.80 bits per heavy atom. The van der Waals surface area contributed by atoms with Gasteiger partial charge in [-0.15, -0.1) is 0 Å². The van der Waals surface area contributed by atoms with Gasteiger partial charge in [-0.2, -0.15) is 0 Å². The van der Waals surface area contributed by atoms with Gasteiger partial charge in [-0.25, -0.2) is 0 Å². The number of hydrogen-bond donors (Lipinski definition) is 3. The first-order valence-electron chi connectivity index (χ1n) is 15.8. The number of aliphatic hydroxyl groups is 1. The number of primary amides is 1. The minimum atomic E-state index is -0.577. The summed E-state index contributed by atoms with van der Waals surface area (Å²) in [5.41, 5.74) is 9.76. The number of amides is 2. The SMILES string of the molecule is COc1cccc(Nc2c(C(N)=O)cnc3c(C)cc(Sc4cccc(C(=O)N5CCC(OCCCCCCO)CC5)c4)cc23)c1. The molecule has 0 spiro atoms. The van der Waals surface area contributed by atoms with Crippen LogP contribution in [-0.2, 0) is 4.74 Å². The molecule has 10 heteroatoms. The van der Waals surface area contributed by atoms with E-state index in [-0.39, 0.29) is 24.2 Å². The molecule has 1 aliphatic rings. The number of nitrogens with zero attached hydrogens (tertiary/aromatic N) is 2. The summed E-state index contributed by atoms with van der Waals surface area (Å²) < 4.78 is 11.4. The van der Waals surface area contributed by atoms with Crippen LogP contribution < -0.4 is 15.8 Å². The third-order valence-corrected chi connectivity index (χ3v) is 9.15. The van der Waals surface area contributed by atoms with Crippen LogP contribution in [-0.4, -0.2) is 66.3 Å². The highest BCUT2D eigenvalue weighted by molar-refractivity contribution is 7.99. The maximum absolute atomic E-state index is 13.5. The predicted octanol–water partition coefficient (Wildman–Crippen LogP) is 6.72. The van der Waals surface area contributed by atoms with Crippen molar-refractivity contribution in [3.63, 3.8) is 0 Å². The molecule has 2 amide bonds. The topological polar surface area (TPSA) is 127 Å². The Bertz CT molecular complexity index is 1670. The summed E-state index contributed by atoms with van der Waals surface area (Å²) in [5.74, 6) is 0.135. The number of likely N-dealkylation sites (tertiary alicyclic amines) is 1. The first-order valence-corrected chi connectivity index (χ1v) is 16.6. The molecule has 1 saturated heterocycles. The number of unbranched alkanes of at least 4 members (excludes halogenated alkanes) is 3. The smallest absolute Gasteiger partial charge is 0.253 e. The number of ether oxygens (including phenoxy) is 2. The molecule has 5 rings (SSSR count). The summed E-state index contributed by atoms with van der Waals surface area (Å²) >= 11 is 1.55. The summed E-state index contributed by atoms with van der Waals surface area (Å²) in [5, 5.41) is 13.1. The number of piperidine rings is 1. The van der Waals surface area contributed by atoms with Crippen LogP contribution in [0.1, 0.15) is 64.8 Å². The second kappa shape index (κ2) is 15.9. The summed E-state index contributed by atoms with van der Waals surface area (Å²) in [6.45, 7) is 4.32. The number of carbonyl (C=O) groups excluding carboxylic acids is 2. The predicted molar refractivity (Wildman–Crippen MR) is 182 cm³/mol. The molecule has 0 aliphatic carbocycles. The van der Waals surface area contributed by atoms with E-state index in [1.807, 2.05) is 66.4 Å². The van der Waals surface area contributed by atoms with Crippen molar-refractivity contribution in [2.24, 2.45) is 5.73 Å². The molecule has 242 valence electrons. The number of benzene rings is 3. The molecule has 4 aromatic rings. The van der Waals surface area contributed by atoms with Crippen molar-refractivity contribution in [2.45, 2.75) is 61.3 Å². The van der Waals surface area contributed by atoms with Crippen molar-refractivity contribution < 1.29 is 24.2 Å². The van der Waals surface area contributed by atoms with Gasteiger partial charge in [-0.3, -0.25) is 14.6 Å². The van der Waals surface area contributed by atoms with Crippen LogP contribution in [0.25, 0.3) is 10.9 Å². The molecule has 1 aliphatic heterocycles. The lowest BCUT2D eigenvalue weighted by atomic mass is 10.1. The van der Waals surface area contributed by atoms with Crippen molar-refractivity contribution in [2.75, 3.05) is 38.7 Å². The van der Waals surface area contributed by atoms with Crippen LogP contribution in [0.2, 0.25) is 0 Å². The standard InChI is InChI=1S/C36H42N4O5S/c1-24-19-30(22-31-33(24)38-23-32(35(37)42)34(31)39-26-10-8-11-28(21-26)44-2)46-29-12-7-9-25(20-29)36(43)40-15-13-27(14-16-40)45-18-6-4-3-5-17-41/h7-12,19-23,27,41H,3-6,13-18H2,1-2H3,(H2,37,42)(H,38,39). The highest BCUT2D eigenvalue weighted by atomic mass is 32.2. The Kier molecular flexibility index (Phi) is 11.5. The number of aryl methyl sites for hydroxylation is 1. The van der Waals surface area contributed by atoms with Crippen LogP contribution in [0.3, 0.4) is 0 Å². The fourth-order valence-corrected chi connectivity index (χ4v) is 6.74. The highest BCUT2D eigenvalue weighted by Gasteiger charge is 2.24. The van der Waals surface area contributed by atoms with Gasteiger partial charge >= 0.3 is 0 Å². The van der Waals surface area contributed by atoms with E-state index >= 15 is 0 Å². The highest BCUT2D eigenvalue weighted by Crippen LogP contribution is 2.37. The van der Waals surface area contributed by atoms with Gasteiger partial charge in [0.2, 0.25) is 0 Å². The minimum absolute atomic E-state index is 0.0275. The first-order chi connectivity index (χ1) is 22.4. The van der Waals surface area contributed by atoms with E-state index in [9.17, 15) is 9.59 Å². The summed E-state index contributed by atoms with van der Waals surface area (Å²) in [7, 11) is 1.61. The van der Waals surface area contributed by atoms with Gasteiger partial charge in [0.15, 0.2) is 0 Å². The first kappa shape index (κ1) is 33.2. The number of anilines is 2. The molecule has 0 unspecified atom stereocenters. The molecule has 0 bridgehead atoms. The van der Waals surface area contributed by atoms with Crippen molar-refractivity contribution in [1.82, 2.24) is 9.88 Å². The van der Waals surface area contributed by atoms with Crippen molar-refractivity contribution in [1.29, 1.82) is 0 Å². The van der Waals surface area contributed by atoms with Gasteiger partial charge in [-0.1, -0.05) is 36.7 Å². The molecule has 1 fully saturated rings. The normalized spacial score (nSPS) is 13.6. The van der Waals surface area contributed by atoms with E-state index in [2.05, 4.69) is 16.4 Å². The largest absolute Gasteiger partial charge is 0.497 e. The van der Waals surface area contributed by atoms with Crippen molar-refractivity contribution in [3.05, 3.63) is 83.6 Å². The molecular weight excluding hydrogens is 600 g/mol. The van der Waals surface area contributed by atoms with Crippen LogP contribution >= 0.6 is 11.8 Å². The zero-order valence-corrected chi connectivity index (χ0v) is 27.3.